The quantitative estimate of drug-likeness (QED) is 0.885. The van der Waals surface area contributed by atoms with Crippen molar-refractivity contribution in [3.05, 3.63) is 54.1 Å². The van der Waals surface area contributed by atoms with Crippen LogP contribution < -0.4 is 15.4 Å². The molecule has 0 bridgehead atoms. The number of hydrogen-bond donors (Lipinski definition) is 2. The zero-order valence-corrected chi connectivity index (χ0v) is 13.0. The average molecular weight is 314 g/mol. The second-order valence-electron chi connectivity index (χ2n) is 4.61. The number of benzene rings is 2. The zero-order valence-electron chi connectivity index (χ0n) is 13.0. The molecule has 0 saturated heterocycles. The Morgan fingerprint density at radius 1 is 0.913 bits per heavy atom. The average Bonchev–Trinajstić information content (AvgIpc) is 2.56. The highest BCUT2D eigenvalue weighted by atomic mass is 16.5. The fourth-order valence-corrected chi connectivity index (χ4v) is 1.87. The number of methoxy groups -OCH3 is 1. The first-order valence-corrected chi connectivity index (χ1v) is 7.11. The van der Waals surface area contributed by atoms with Gasteiger partial charge >= 0.3 is 6.09 Å². The van der Waals surface area contributed by atoms with Crippen LogP contribution in [0.1, 0.15) is 17.3 Å². The Kier molecular flexibility index (Phi) is 5.57. The van der Waals surface area contributed by atoms with Gasteiger partial charge in [0.1, 0.15) is 5.75 Å². The standard InChI is InChI=1S/C17H18N2O4/c1-3-23-17(21)19-14-6-4-12(5-7-14)16(20)18-13-8-10-15(22-2)11-9-13/h4-11H,3H2,1-2H3,(H,18,20)(H,19,21). The Morgan fingerprint density at radius 2 is 1.48 bits per heavy atom. The number of hydrogen-bond acceptors (Lipinski definition) is 4. The molecule has 0 saturated carbocycles. The summed E-state index contributed by atoms with van der Waals surface area (Å²) in [6.07, 6.45) is -0.525. The van der Waals surface area contributed by atoms with E-state index in [-0.39, 0.29) is 5.91 Å². The van der Waals surface area contributed by atoms with Gasteiger partial charge in [-0.05, 0) is 55.5 Å². The van der Waals surface area contributed by atoms with Crippen molar-refractivity contribution in [3.8, 4) is 5.75 Å². The third kappa shape index (κ3) is 4.74. The largest absolute Gasteiger partial charge is 0.497 e. The van der Waals surface area contributed by atoms with Crippen LogP contribution in [0, 0.1) is 0 Å². The molecule has 0 radical (unpaired) electrons. The summed E-state index contributed by atoms with van der Waals surface area (Å²) < 4.78 is 9.85. The van der Waals surface area contributed by atoms with E-state index in [0.717, 1.165) is 5.75 Å². The summed E-state index contributed by atoms with van der Waals surface area (Å²) >= 11 is 0. The van der Waals surface area contributed by atoms with Crippen molar-refractivity contribution in [2.75, 3.05) is 24.4 Å². The molecule has 6 nitrogen and oxygen atoms in total. The predicted octanol–water partition coefficient (Wildman–Crippen LogP) is 3.52. The number of carbonyl (C=O) groups is 2. The maximum atomic E-state index is 12.2. The minimum Gasteiger partial charge on any atom is -0.497 e. The van der Waals surface area contributed by atoms with Crippen molar-refractivity contribution >= 4 is 23.4 Å². The second kappa shape index (κ2) is 7.84. The third-order valence-electron chi connectivity index (χ3n) is 3.02. The molecule has 0 aromatic heterocycles. The van der Waals surface area contributed by atoms with E-state index >= 15 is 0 Å². The first-order chi connectivity index (χ1) is 11.1. The van der Waals surface area contributed by atoms with Crippen molar-refractivity contribution in [1.29, 1.82) is 0 Å². The van der Waals surface area contributed by atoms with Crippen LogP contribution in [0.3, 0.4) is 0 Å². The lowest BCUT2D eigenvalue weighted by atomic mass is 10.2. The predicted molar refractivity (Wildman–Crippen MR) is 88.0 cm³/mol. The number of amides is 2. The molecule has 0 spiro atoms. The van der Waals surface area contributed by atoms with E-state index in [1.807, 2.05) is 0 Å². The zero-order chi connectivity index (χ0) is 16.7. The van der Waals surface area contributed by atoms with Crippen LogP contribution in [0.25, 0.3) is 0 Å². The highest BCUT2D eigenvalue weighted by molar-refractivity contribution is 6.04. The van der Waals surface area contributed by atoms with E-state index in [4.69, 9.17) is 9.47 Å². The number of anilines is 2. The summed E-state index contributed by atoms with van der Waals surface area (Å²) in [5, 5.41) is 5.35. The molecule has 2 aromatic carbocycles. The number of ether oxygens (including phenoxy) is 2. The van der Waals surface area contributed by atoms with E-state index in [1.54, 1.807) is 62.6 Å². The minimum absolute atomic E-state index is 0.238. The first-order valence-electron chi connectivity index (χ1n) is 7.11. The van der Waals surface area contributed by atoms with Gasteiger partial charge in [-0.2, -0.15) is 0 Å². The summed E-state index contributed by atoms with van der Waals surface area (Å²) in [6, 6.07) is 13.6. The van der Waals surface area contributed by atoms with Crippen LogP contribution in [0.15, 0.2) is 48.5 Å². The lowest BCUT2D eigenvalue weighted by Crippen LogP contribution is -2.14. The summed E-state index contributed by atoms with van der Waals surface area (Å²) in [7, 11) is 1.58. The molecule has 0 aliphatic heterocycles. The molecule has 0 aliphatic carbocycles. The smallest absolute Gasteiger partial charge is 0.411 e. The van der Waals surface area contributed by atoms with Crippen molar-refractivity contribution in [2.24, 2.45) is 0 Å². The van der Waals surface area contributed by atoms with E-state index in [9.17, 15) is 9.59 Å². The number of carbonyl (C=O) groups excluding carboxylic acids is 2. The minimum atomic E-state index is -0.525. The molecule has 0 aliphatic rings. The van der Waals surface area contributed by atoms with Crippen LogP contribution in [0.5, 0.6) is 5.75 Å². The van der Waals surface area contributed by atoms with E-state index in [1.165, 1.54) is 0 Å². The summed E-state index contributed by atoms with van der Waals surface area (Å²) in [5.41, 5.74) is 1.71. The molecule has 0 heterocycles. The molecule has 0 atom stereocenters. The summed E-state index contributed by atoms with van der Waals surface area (Å²) in [6.45, 7) is 2.03. The van der Waals surface area contributed by atoms with Gasteiger partial charge in [0, 0.05) is 16.9 Å². The van der Waals surface area contributed by atoms with Gasteiger partial charge in [0.15, 0.2) is 0 Å². The normalized spacial score (nSPS) is 9.83. The van der Waals surface area contributed by atoms with Crippen LogP contribution >= 0.6 is 0 Å². The van der Waals surface area contributed by atoms with Crippen LogP contribution in [-0.2, 0) is 4.74 Å². The monoisotopic (exact) mass is 314 g/mol. The molecule has 23 heavy (non-hydrogen) atoms. The Balaban J connectivity index is 1.97. The molecular weight excluding hydrogens is 296 g/mol. The molecule has 2 N–H and O–H groups in total. The molecule has 0 fully saturated rings. The molecule has 120 valence electrons. The van der Waals surface area contributed by atoms with Gasteiger partial charge in [-0.25, -0.2) is 4.79 Å². The van der Waals surface area contributed by atoms with Crippen molar-refractivity contribution < 1.29 is 19.1 Å². The Hall–Kier alpha value is -3.02. The highest BCUT2D eigenvalue weighted by Crippen LogP contribution is 2.16. The lowest BCUT2D eigenvalue weighted by Gasteiger charge is -2.08. The lowest BCUT2D eigenvalue weighted by molar-refractivity contribution is 0.102. The van der Waals surface area contributed by atoms with Gasteiger partial charge in [0.2, 0.25) is 0 Å². The molecule has 2 aromatic rings. The van der Waals surface area contributed by atoms with Gasteiger partial charge in [-0.3, -0.25) is 10.1 Å². The Morgan fingerprint density at radius 3 is 2.04 bits per heavy atom. The maximum Gasteiger partial charge on any atom is 0.411 e. The third-order valence-corrected chi connectivity index (χ3v) is 3.02. The van der Waals surface area contributed by atoms with E-state index < -0.39 is 6.09 Å². The topological polar surface area (TPSA) is 76.7 Å². The van der Waals surface area contributed by atoms with Gasteiger partial charge in [-0.15, -0.1) is 0 Å². The van der Waals surface area contributed by atoms with E-state index in [0.29, 0.717) is 23.5 Å². The van der Waals surface area contributed by atoms with Gasteiger partial charge in [-0.1, -0.05) is 0 Å². The number of rotatable bonds is 5. The van der Waals surface area contributed by atoms with Crippen molar-refractivity contribution in [1.82, 2.24) is 0 Å². The van der Waals surface area contributed by atoms with Gasteiger partial charge in [0.25, 0.3) is 5.91 Å². The highest BCUT2D eigenvalue weighted by Gasteiger charge is 2.07. The van der Waals surface area contributed by atoms with Crippen LogP contribution in [-0.4, -0.2) is 25.7 Å². The van der Waals surface area contributed by atoms with Gasteiger partial charge < -0.3 is 14.8 Å². The molecule has 2 amide bonds. The fraction of sp³-hybridized carbons (Fsp3) is 0.176. The molecule has 6 heteroatoms. The maximum absolute atomic E-state index is 12.2. The molecular formula is C17H18N2O4. The van der Waals surface area contributed by atoms with Gasteiger partial charge in [0.05, 0.1) is 13.7 Å². The van der Waals surface area contributed by atoms with Crippen molar-refractivity contribution in [2.45, 2.75) is 6.92 Å². The molecule has 2 rings (SSSR count). The van der Waals surface area contributed by atoms with Crippen LogP contribution in [0.4, 0.5) is 16.2 Å². The second-order valence-corrected chi connectivity index (χ2v) is 4.61. The fourth-order valence-electron chi connectivity index (χ4n) is 1.87. The van der Waals surface area contributed by atoms with E-state index in [2.05, 4.69) is 10.6 Å². The number of nitrogens with one attached hydrogen (secondary N) is 2. The Labute approximate surface area is 134 Å². The first kappa shape index (κ1) is 16.4. The van der Waals surface area contributed by atoms with Crippen molar-refractivity contribution in [3.63, 3.8) is 0 Å². The summed E-state index contributed by atoms with van der Waals surface area (Å²) in [4.78, 5) is 23.5. The summed E-state index contributed by atoms with van der Waals surface area (Å²) in [5.74, 6) is 0.482. The molecule has 0 unspecified atom stereocenters. The Bertz CT molecular complexity index is 666. The van der Waals surface area contributed by atoms with Crippen LogP contribution in [0.2, 0.25) is 0 Å². The SMILES string of the molecule is CCOC(=O)Nc1ccc(C(=O)Nc2ccc(OC)cc2)cc1.